The molecule has 0 amide bonds. The summed E-state index contributed by atoms with van der Waals surface area (Å²) in [5, 5.41) is 2.28. The molecule has 0 spiro atoms. The molecule has 0 atom stereocenters. The van der Waals surface area contributed by atoms with Gasteiger partial charge in [0.05, 0.1) is 16.2 Å². The summed E-state index contributed by atoms with van der Waals surface area (Å²) in [7, 11) is -3.98. The fraction of sp³-hybridized carbons (Fsp3) is 0. The first-order chi connectivity index (χ1) is 17.9. The van der Waals surface area contributed by atoms with Crippen molar-refractivity contribution in [3.8, 4) is 22.7 Å². The molecular formula is C28H19ClN2O4S2. The quantitative estimate of drug-likeness (QED) is 0.183. The van der Waals surface area contributed by atoms with E-state index in [1.165, 1.54) is 35.6 Å². The standard InChI is InChI=1S/C28H19ClN2O4S2/c29-22-13-17-25(18-14-22)37(33,34)30-28-31(23-9-5-2-6-10-23)26(19-36-28)20-11-15-24(16-12-20)35-27(32)21-7-3-1-4-8-21/h1-19H. The Kier molecular flexibility index (Phi) is 7.05. The molecule has 1 heterocycles. The van der Waals surface area contributed by atoms with Crippen molar-refractivity contribution in [2.24, 2.45) is 4.40 Å². The number of hydrogen-bond donors (Lipinski definition) is 0. The van der Waals surface area contributed by atoms with Gasteiger partial charge in [-0.1, -0.05) is 48.0 Å². The molecule has 37 heavy (non-hydrogen) atoms. The van der Waals surface area contributed by atoms with Gasteiger partial charge in [-0.2, -0.15) is 8.42 Å². The highest BCUT2D eigenvalue weighted by Crippen LogP contribution is 2.26. The van der Waals surface area contributed by atoms with E-state index in [0.717, 1.165) is 16.9 Å². The summed E-state index contributed by atoms with van der Waals surface area (Å²) in [6, 6.07) is 31.0. The van der Waals surface area contributed by atoms with Crippen LogP contribution in [0.25, 0.3) is 16.9 Å². The molecule has 184 valence electrons. The summed E-state index contributed by atoms with van der Waals surface area (Å²) in [6.07, 6.45) is 0. The van der Waals surface area contributed by atoms with Crippen molar-refractivity contribution in [2.75, 3.05) is 0 Å². The summed E-state index contributed by atoms with van der Waals surface area (Å²) < 4.78 is 37.5. The van der Waals surface area contributed by atoms with Gasteiger partial charge < -0.3 is 4.74 Å². The summed E-state index contributed by atoms with van der Waals surface area (Å²) in [4.78, 5) is 12.7. The lowest BCUT2D eigenvalue weighted by Gasteiger charge is -2.10. The number of thiazole rings is 1. The molecule has 0 fully saturated rings. The maximum absolute atomic E-state index is 13.0. The lowest BCUT2D eigenvalue weighted by atomic mass is 10.1. The van der Waals surface area contributed by atoms with Crippen LogP contribution in [0.15, 0.2) is 124 Å². The van der Waals surface area contributed by atoms with Gasteiger partial charge in [-0.05, 0) is 78.4 Å². The zero-order valence-electron chi connectivity index (χ0n) is 19.2. The third-order valence-corrected chi connectivity index (χ3v) is 7.88. The Bertz CT molecular complexity index is 1710. The Balaban J connectivity index is 1.53. The minimum absolute atomic E-state index is 0.0519. The van der Waals surface area contributed by atoms with Crippen molar-refractivity contribution in [3.63, 3.8) is 0 Å². The Labute approximate surface area is 222 Å². The highest BCUT2D eigenvalue weighted by Gasteiger charge is 2.16. The summed E-state index contributed by atoms with van der Waals surface area (Å²) in [5.41, 5.74) is 2.75. The van der Waals surface area contributed by atoms with E-state index in [9.17, 15) is 13.2 Å². The van der Waals surface area contributed by atoms with Gasteiger partial charge in [-0.3, -0.25) is 4.57 Å². The molecular weight excluding hydrogens is 528 g/mol. The number of carbonyl (C=O) groups excluding carboxylic acids is 1. The molecule has 0 aliphatic rings. The lowest BCUT2D eigenvalue weighted by Crippen LogP contribution is -2.16. The van der Waals surface area contributed by atoms with E-state index >= 15 is 0 Å². The first kappa shape index (κ1) is 24.7. The molecule has 0 unspecified atom stereocenters. The Morgan fingerprint density at radius 1 is 0.811 bits per heavy atom. The number of sulfonamides is 1. The molecule has 0 N–H and O–H groups in total. The van der Waals surface area contributed by atoms with Crippen molar-refractivity contribution < 1.29 is 17.9 Å². The largest absolute Gasteiger partial charge is 0.423 e. The third-order valence-electron chi connectivity index (χ3n) is 5.40. The van der Waals surface area contributed by atoms with Gasteiger partial charge in [0.15, 0.2) is 0 Å². The number of benzene rings is 4. The van der Waals surface area contributed by atoms with E-state index < -0.39 is 16.0 Å². The van der Waals surface area contributed by atoms with Crippen LogP contribution in [-0.4, -0.2) is 19.0 Å². The molecule has 1 aromatic heterocycles. The van der Waals surface area contributed by atoms with Gasteiger partial charge in [0.2, 0.25) is 4.80 Å². The van der Waals surface area contributed by atoms with Crippen LogP contribution in [0.5, 0.6) is 5.75 Å². The van der Waals surface area contributed by atoms with Crippen LogP contribution in [0.1, 0.15) is 10.4 Å². The first-order valence-corrected chi connectivity index (χ1v) is 13.8. The van der Waals surface area contributed by atoms with Gasteiger partial charge >= 0.3 is 5.97 Å². The van der Waals surface area contributed by atoms with Crippen molar-refractivity contribution in [1.29, 1.82) is 0 Å². The first-order valence-electron chi connectivity index (χ1n) is 11.1. The molecule has 5 rings (SSSR count). The van der Waals surface area contributed by atoms with Crippen LogP contribution in [0.3, 0.4) is 0 Å². The third kappa shape index (κ3) is 5.56. The molecule has 0 bridgehead atoms. The van der Waals surface area contributed by atoms with E-state index in [-0.39, 0.29) is 9.70 Å². The minimum atomic E-state index is -3.98. The second-order valence-corrected chi connectivity index (χ2v) is 10.8. The number of esters is 1. The average Bonchev–Trinajstić information content (AvgIpc) is 3.33. The highest BCUT2D eigenvalue weighted by atomic mass is 35.5. The molecule has 4 aromatic carbocycles. The molecule has 5 aromatic rings. The average molecular weight is 547 g/mol. The smallest absolute Gasteiger partial charge is 0.343 e. The van der Waals surface area contributed by atoms with Crippen LogP contribution in [0.2, 0.25) is 5.02 Å². The SMILES string of the molecule is O=C(Oc1ccc(-c2csc(=NS(=O)(=O)c3ccc(Cl)cc3)n2-c2ccccc2)cc1)c1ccccc1. The fourth-order valence-electron chi connectivity index (χ4n) is 3.60. The fourth-order valence-corrected chi connectivity index (χ4v) is 5.83. The number of nitrogens with zero attached hydrogens (tertiary/aromatic N) is 2. The Morgan fingerprint density at radius 2 is 1.43 bits per heavy atom. The van der Waals surface area contributed by atoms with Gasteiger partial charge in [0.25, 0.3) is 10.0 Å². The van der Waals surface area contributed by atoms with Gasteiger partial charge in [0.1, 0.15) is 5.75 Å². The topological polar surface area (TPSA) is 77.7 Å². The maximum atomic E-state index is 13.0. The van der Waals surface area contributed by atoms with E-state index in [2.05, 4.69) is 4.40 Å². The second kappa shape index (κ2) is 10.6. The van der Waals surface area contributed by atoms with Crippen LogP contribution in [0.4, 0.5) is 0 Å². The highest BCUT2D eigenvalue weighted by molar-refractivity contribution is 7.90. The van der Waals surface area contributed by atoms with Crippen LogP contribution in [0, 0.1) is 0 Å². The zero-order chi connectivity index (χ0) is 25.8. The Morgan fingerprint density at radius 3 is 2.08 bits per heavy atom. The lowest BCUT2D eigenvalue weighted by molar-refractivity contribution is 0.0734. The summed E-state index contributed by atoms with van der Waals surface area (Å²) in [6.45, 7) is 0. The number of para-hydroxylation sites is 1. The number of aromatic nitrogens is 1. The second-order valence-electron chi connectivity index (χ2n) is 7.87. The number of hydrogen-bond acceptors (Lipinski definition) is 5. The van der Waals surface area contributed by atoms with Gasteiger partial charge in [0, 0.05) is 16.1 Å². The summed E-state index contributed by atoms with van der Waals surface area (Å²) in [5.74, 6) is -0.0500. The van der Waals surface area contributed by atoms with Crippen LogP contribution < -0.4 is 9.54 Å². The maximum Gasteiger partial charge on any atom is 0.343 e. The van der Waals surface area contributed by atoms with Gasteiger partial charge in [-0.25, -0.2) is 4.79 Å². The van der Waals surface area contributed by atoms with Crippen molar-refractivity contribution in [3.05, 3.63) is 130 Å². The molecule has 9 heteroatoms. The predicted octanol–water partition coefficient (Wildman–Crippen LogP) is 6.37. The number of halogens is 1. The summed E-state index contributed by atoms with van der Waals surface area (Å²) >= 11 is 7.12. The molecule has 0 radical (unpaired) electrons. The predicted molar refractivity (Wildman–Crippen MR) is 145 cm³/mol. The number of carbonyl (C=O) groups is 1. The van der Waals surface area contributed by atoms with Crippen LogP contribution >= 0.6 is 22.9 Å². The molecule has 0 aliphatic carbocycles. The van der Waals surface area contributed by atoms with E-state index in [0.29, 0.717) is 16.3 Å². The zero-order valence-corrected chi connectivity index (χ0v) is 21.6. The molecule has 6 nitrogen and oxygen atoms in total. The normalized spacial score (nSPS) is 11.9. The van der Waals surface area contributed by atoms with E-state index in [4.69, 9.17) is 16.3 Å². The van der Waals surface area contributed by atoms with Crippen LogP contribution in [-0.2, 0) is 10.0 Å². The van der Waals surface area contributed by atoms with E-state index in [1.54, 1.807) is 41.0 Å². The number of rotatable bonds is 6. The van der Waals surface area contributed by atoms with Crippen molar-refractivity contribution >= 4 is 38.9 Å². The minimum Gasteiger partial charge on any atom is -0.423 e. The Hall–Kier alpha value is -3.98. The monoisotopic (exact) mass is 546 g/mol. The molecule has 0 saturated carbocycles. The van der Waals surface area contributed by atoms with Gasteiger partial charge in [-0.15, -0.1) is 15.7 Å². The van der Waals surface area contributed by atoms with Crippen molar-refractivity contribution in [2.45, 2.75) is 4.90 Å². The number of ether oxygens (including phenoxy) is 1. The molecule has 0 aliphatic heterocycles. The van der Waals surface area contributed by atoms with E-state index in [1.807, 2.05) is 53.9 Å². The van der Waals surface area contributed by atoms with Crippen molar-refractivity contribution in [1.82, 2.24) is 4.57 Å². The molecule has 0 saturated heterocycles.